The predicted molar refractivity (Wildman–Crippen MR) is 86.7 cm³/mol. The lowest BCUT2D eigenvalue weighted by atomic mass is 10.3. The van der Waals surface area contributed by atoms with E-state index in [0.29, 0.717) is 17.9 Å². The molecule has 0 bridgehead atoms. The topological polar surface area (TPSA) is 54.5 Å². The molecule has 1 aromatic rings. The van der Waals surface area contributed by atoms with Gasteiger partial charge in [0.25, 0.3) is 5.91 Å². The molecule has 0 saturated carbocycles. The third-order valence-electron chi connectivity index (χ3n) is 2.73. The molecule has 1 fully saturated rings. The van der Waals surface area contributed by atoms with Crippen molar-refractivity contribution in [3.05, 3.63) is 19.2 Å². The SMILES string of the molecule is CS(=O)(=O)C1CSCCN1C(=O)c1cc(Br)sc1Br. The Balaban J connectivity index is 2.33. The first-order chi connectivity index (χ1) is 8.80. The molecule has 1 amide bonds. The minimum Gasteiger partial charge on any atom is -0.320 e. The van der Waals surface area contributed by atoms with Crippen LogP contribution in [0.15, 0.2) is 13.6 Å². The van der Waals surface area contributed by atoms with Crippen molar-refractivity contribution in [2.75, 3.05) is 24.3 Å². The van der Waals surface area contributed by atoms with E-state index in [-0.39, 0.29) is 5.91 Å². The van der Waals surface area contributed by atoms with Gasteiger partial charge in [0.15, 0.2) is 9.84 Å². The number of rotatable bonds is 2. The van der Waals surface area contributed by atoms with E-state index in [0.717, 1.165) is 13.3 Å². The van der Waals surface area contributed by atoms with Crippen LogP contribution in [0.25, 0.3) is 0 Å². The van der Waals surface area contributed by atoms with Crippen LogP contribution < -0.4 is 0 Å². The third kappa shape index (κ3) is 3.55. The van der Waals surface area contributed by atoms with Gasteiger partial charge in [-0.1, -0.05) is 0 Å². The van der Waals surface area contributed by atoms with Crippen LogP contribution in [0.4, 0.5) is 0 Å². The van der Waals surface area contributed by atoms with Crippen LogP contribution in [0, 0.1) is 0 Å². The van der Waals surface area contributed by atoms with Gasteiger partial charge in [-0.25, -0.2) is 8.42 Å². The summed E-state index contributed by atoms with van der Waals surface area (Å²) in [6, 6.07) is 1.72. The number of thiophene rings is 1. The molecule has 2 heterocycles. The van der Waals surface area contributed by atoms with Gasteiger partial charge in [-0.05, 0) is 37.9 Å². The van der Waals surface area contributed by atoms with Gasteiger partial charge < -0.3 is 4.90 Å². The first kappa shape index (κ1) is 15.8. The van der Waals surface area contributed by atoms with Gasteiger partial charge in [0.2, 0.25) is 0 Å². The summed E-state index contributed by atoms with van der Waals surface area (Å²) in [5.41, 5.74) is 0.512. The van der Waals surface area contributed by atoms with Crippen LogP contribution in [0.2, 0.25) is 0 Å². The number of hydrogen-bond donors (Lipinski definition) is 0. The first-order valence-corrected chi connectivity index (χ1v) is 10.8. The van der Waals surface area contributed by atoms with E-state index in [9.17, 15) is 13.2 Å². The first-order valence-electron chi connectivity index (χ1n) is 5.33. The van der Waals surface area contributed by atoms with E-state index < -0.39 is 15.2 Å². The molecule has 0 aliphatic carbocycles. The number of halogens is 2. The van der Waals surface area contributed by atoms with Crippen molar-refractivity contribution in [3.63, 3.8) is 0 Å². The maximum absolute atomic E-state index is 12.5. The largest absolute Gasteiger partial charge is 0.320 e. The molecule has 1 aliphatic heterocycles. The minimum atomic E-state index is -3.27. The predicted octanol–water partition coefficient (Wildman–Crippen LogP) is 2.83. The molecule has 4 nitrogen and oxygen atoms in total. The van der Waals surface area contributed by atoms with Gasteiger partial charge in [0, 0.05) is 24.3 Å². The Kier molecular flexibility index (Phi) is 5.03. The van der Waals surface area contributed by atoms with Gasteiger partial charge in [-0.15, -0.1) is 11.3 Å². The van der Waals surface area contributed by atoms with E-state index in [2.05, 4.69) is 31.9 Å². The molecular weight excluding hydrogens is 438 g/mol. The summed E-state index contributed by atoms with van der Waals surface area (Å²) in [7, 11) is -3.27. The summed E-state index contributed by atoms with van der Waals surface area (Å²) in [6.07, 6.45) is 1.18. The number of hydrogen-bond acceptors (Lipinski definition) is 5. The third-order valence-corrected chi connectivity index (χ3v) is 7.71. The monoisotopic (exact) mass is 447 g/mol. The van der Waals surface area contributed by atoms with Crippen molar-refractivity contribution in [2.45, 2.75) is 5.37 Å². The summed E-state index contributed by atoms with van der Waals surface area (Å²) < 4.78 is 25.1. The molecule has 1 aromatic heterocycles. The van der Waals surface area contributed by atoms with Crippen LogP contribution in [-0.4, -0.2) is 48.9 Å². The van der Waals surface area contributed by atoms with Gasteiger partial charge in [0.05, 0.1) is 13.1 Å². The van der Waals surface area contributed by atoms with Crippen molar-refractivity contribution in [2.24, 2.45) is 0 Å². The van der Waals surface area contributed by atoms with Crippen LogP contribution in [0.5, 0.6) is 0 Å². The molecule has 1 unspecified atom stereocenters. The Morgan fingerprint density at radius 1 is 1.47 bits per heavy atom. The highest BCUT2D eigenvalue weighted by atomic mass is 79.9. The summed E-state index contributed by atoms with van der Waals surface area (Å²) in [5.74, 6) is 0.971. The number of sulfone groups is 1. The highest BCUT2D eigenvalue weighted by Crippen LogP contribution is 2.34. The molecule has 2 rings (SSSR count). The number of carbonyl (C=O) groups is 1. The second-order valence-corrected chi connectivity index (χ2v) is 11.2. The van der Waals surface area contributed by atoms with E-state index in [1.165, 1.54) is 22.5 Å². The zero-order valence-corrected chi connectivity index (χ0v) is 15.6. The Labute approximate surface area is 137 Å². The van der Waals surface area contributed by atoms with E-state index >= 15 is 0 Å². The number of nitrogens with zero attached hydrogens (tertiary/aromatic N) is 1. The lowest BCUT2D eigenvalue weighted by Gasteiger charge is -2.33. The normalized spacial score (nSPS) is 20.6. The molecule has 1 atom stereocenters. The molecule has 9 heteroatoms. The summed E-state index contributed by atoms with van der Waals surface area (Å²) in [6.45, 7) is 0.459. The standard InChI is InChI=1S/C10H11Br2NO3S3/c1-19(15,16)8-5-17-3-2-13(8)10(14)6-4-7(11)18-9(6)12/h4,8H,2-3,5H2,1H3. The molecule has 19 heavy (non-hydrogen) atoms. The van der Waals surface area contributed by atoms with E-state index in [1.807, 2.05) is 0 Å². The zero-order valence-electron chi connectivity index (χ0n) is 9.93. The maximum Gasteiger partial charge on any atom is 0.257 e. The van der Waals surface area contributed by atoms with Crippen molar-refractivity contribution < 1.29 is 13.2 Å². The maximum atomic E-state index is 12.5. The lowest BCUT2D eigenvalue weighted by Crippen LogP contribution is -2.49. The van der Waals surface area contributed by atoms with Crippen molar-refractivity contribution >= 4 is 70.7 Å². The van der Waals surface area contributed by atoms with Gasteiger partial charge in [0.1, 0.15) is 5.37 Å². The number of carbonyl (C=O) groups excluding carboxylic acids is 1. The Hall–Kier alpha value is 0.430. The molecule has 0 N–H and O–H groups in total. The number of amides is 1. The average Bonchev–Trinajstić information content (AvgIpc) is 2.66. The highest BCUT2D eigenvalue weighted by Gasteiger charge is 2.35. The van der Waals surface area contributed by atoms with Crippen LogP contribution in [0.3, 0.4) is 0 Å². The van der Waals surface area contributed by atoms with Gasteiger partial charge in [-0.2, -0.15) is 11.8 Å². The fraction of sp³-hybridized carbons (Fsp3) is 0.500. The Morgan fingerprint density at radius 3 is 2.68 bits per heavy atom. The van der Waals surface area contributed by atoms with E-state index in [4.69, 9.17) is 0 Å². The number of thioether (sulfide) groups is 1. The van der Waals surface area contributed by atoms with Crippen molar-refractivity contribution in [1.29, 1.82) is 0 Å². The zero-order chi connectivity index (χ0) is 14.2. The second-order valence-electron chi connectivity index (χ2n) is 4.10. The average molecular weight is 449 g/mol. The summed E-state index contributed by atoms with van der Waals surface area (Å²) in [4.78, 5) is 14.0. The summed E-state index contributed by atoms with van der Waals surface area (Å²) >= 11 is 9.63. The van der Waals surface area contributed by atoms with Crippen LogP contribution in [0.1, 0.15) is 10.4 Å². The smallest absolute Gasteiger partial charge is 0.257 e. The van der Waals surface area contributed by atoms with Gasteiger partial charge >= 0.3 is 0 Å². The summed E-state index contributed by atoms with van der Waals surface area (Å²) in [5, 5.41) is -0.732. The molecule has 0 aromatic carbocycles. The van der Waals surface area contributed by atoms with Crippen LogP contribution >= 0.6 is 55.0 Å². The molecule has 0 spiro atoms. The highest BCUT2D eigenvalue weighted by molar-refractivity contribution is 9.12. The molecule has 106 valence electrons. The minimum absolute atomic E-state index is 0.232. The van der Waals surface area contributed by atoms with Crippen molar-refractivity contribution in [3.8, 4) is 0 Å². The second kappa shape index (κ2) is 6.05. The lowest BCUT2D eigenvalue weighted by molar-refractivity contribution is 0.0749. The molecular formula is C10H11Br2NO3S3. The van der Waals surface area contributed by atoms with Crippen LogP contribution in [-0.2, 0) is 9.84 Å². The quantitative estimate of drug-likeness (QED) is 0.697. The van der Waals surface area contributed by atoms with E-state index in [1.54, 1.807) is 17.8 Å². The van der Waals surface area contributed by atoms with Crippen molar-refractivity contribution in [1.82, 2.24) is 4.90 Å². The fourth-order valence-corrected chi connectivity index (χ4v) is 7.40. The Morgan fingerprint density at radius 2 is 2.16 bits per heavy atom. The fourth-order valence-electron chi connectivity index (χ4n) is 1.81. The molecule has 1 aliphatic rings. The van der Waals surface area contributed by atoms with Gasteiger partial charge in [-0.3, -0.25) is 4.79 Å². The molecule has 0 radical (unpaired) electrons. The molecule has 1 saturated heterocycles. The Bertz CT molecular complexity index is 599.